The van der Waals surface area contributed by atoms with Crippen molar-refractivity contribution in [2.45, 2.75) is 19.8 Å². The van der Waals surface area contributed by atoms with Gasteiger partial charge in [0.15, 0.2) is 0 Å². The number of halogens is 1. The zero-order valence-corrected chi connectivity index (χ0v) is 14.7. The first-order valence-electron chi connectivity index (χ1n) is 8.61. The molecule has 0 unspecified atom stereocenters. The van der Waals surface area contributed by atoms with Crippen molar-refractivity contribution in [3.8, 4) is 0 Å². The molecule has 0 radical (unpaired) electrons. The van der Waals surface area contributed by atoms with Crippen LogP contribution in [0.3, 0.4) is 0 Å². The van der Waals surface area contributed by atoms with E-state index in [-0.39, 0.29) is 34.0 Å². The Hall–Kier alpha value is -3.10. The van der Waals surface area contributed by atoms with Crippen molar-refractivity contribution in [2.75, 3.05) is 19.7 Å². The van der Waals surface area contributed by atoms with E-state index in [1.165, 1.54) is 17.2 Å². The zero-order chi connectivity index (χ0) is 19.6. The molecule has 0 N–H and O–H groups in total. The Morgan fingerprint density at radius 1 is 1.33 bits per heavy atom. The molecule has 3 rings (SSSR count). The molecule has 27 heavy (non-hydrogen) atoms. The molecule has 1 fully saturated rings. The maximum Gasteiger partial charge on any atom is 0.309 e. The molecule has 0 saturated carbocycles. The molecule has 1 aliphatic rings. The number of nitrogens with zero attached hydrogens (tertiary/aromatic N) is 3. The first-order valence-corrected chi connectivity index (χ1v) is 8.61. The second-order valence-electron chi connectivity index (χ2n) is 6.22. The van der Waals surface area contributed by atoms with Crippen molar-refractivity contribution in [1.29, 1.82) is 0 Å². The highest BCUT2D eigenvalue weighted by atomic mass is 19.1. The van der Waals surface area contributed by atoms with Gasteiger partial charge in [-0.3, -0.25) is 24.7 Å². The van der Waals surface area contributed by atoms with E-state index < -0.39 is 16.6 Å². The molecule has 0 atom stereocenters. The molecule has 8 nitrogen and oxygen atoms in total. The third-order valence-electron chi connectivity index (χ3n) is 4.65. The van der Waals surface area contributed by atoms with Gasteiger partial charge in [0.25, 0.3) is 11.6 Å². The van der Waals surface area contributed by atoms with Crippen molar-refractivity contribution in [2.24, 2.45) is 5.92 Å². The highest BCUT2D eigenvalue weighted by molar-refractivity contribution is 6.07. The van der Waals surface area contributed by atoms with Crippen LogP contribution in [0.4, 0.5) is 10.1 Å². The molecule has 1 amide bonds. The van der Waals surface area contributed by atoms with Crippen molar-refractivity contribution < 1.29 is 23.6 Å². The maximum absolute atomic E-state index is 14.4. The van der Waals surface area contributed by atoms with Crippen LogP contribution < -0.4 is 0 Å². The van der Waals surface area contributed by atoms with E-state index in [1.807, 2.05) is 0 Å². The third-order valence-corrected chi connectivity index (χ3v) is 4.65. The number of rotatable bonds is 4. The monoisotopic (exact) mass is 375 g/mol. The summed E-state index contributed by atoms with van der Waals surface area (Å²) >= 11 is 0. The summed E-state index contributed by atoms with van der Waals surface area (Å²) < 4.78 is 19.4. The number of nitro groups is 1. The molecular weight excluding hydrogens is 357 g/mol. The number of carbonyl (C=O) groups is 2. The van der Waals surface area contributed by atoms with Crippen LogP contribution in [0.1, 0.15) is 30.3 Å². The van der Waals surface area contributed by atoms with Gasteiger partial charge in [0.2, 0.25) is 0 Å². The van der Waals surface area contributed by atoms with Gasteiger partial charge >= 0.3 is 5.97 Å². The van der Waals surface area contributed by atoms with E-state index in [2.05, 4.69) is 4.98 Å². The SMILES string of the molecule is CCOC(=O)C1CCN(C(=O)c2nccc3c([N+](=O)[O-])ccc(F)c23)CC1. The van der Waals surface area contributed by atoms with E-state index >= 15 is 0 Å². The molecule has 1 aromatic heterocycles. The smallest absolute Gasteiger partial charge is 0.309 e. The van der Waals surface area contributed by atoms with E-state index in [4.69, 9.17) is 4.74 Å². The molecule has 142 valence electrons. The van der Waals surface area contributed by atoms with Crippen molar-refractivity contribution >= 4 is 28.3 Å². The summed E-state index contributed by atoms with van der Waals surface area (Å²) in [6.07, 6.45) is 2.14. The molecule has 9 heteroatoms. The average molecular weight is 375 g/mol. The van der Waals surface area contributed by atoms with Crippen molar-refractivity contribution in [1.82, 2.24) is 9.88 Å². The number of fused-ring (bicyclic) bond motifs is 1. The summed E-state index contributed by atoms with van der Waals surface area (Å²) in [5.74, 6) is -1.81. The Labute approximate surface area is 154 Å². The van der Waals surface area contributed by atoms with Crippen LogP contribution in [0.5, 0.6) is 0 Å². The predicted octanol–water partition coefficient (Wildman–Crippen LogP) is 2.70. The molecule has 2 heterocycles. The van der Waals surface area contributed by atoms with Crippen LogP contribution in [0, 0.1) is 21.8 Å². The lowest BCUT2D eigenvalue weighted by Crippen LogP contribution is -2.41. The molecule has 1 aliphatic heterocycles. The molecule has 0 spiro atoms. The van der Waals surface area contributed by atoms with Gasteiger partial charge in [-0.1, -0.05) is 0 Å². The average Bonchev–Trinajstić information content (AvgIpc) is 2.67. The van der Waals surface area contributed by atoms with Crippen LogP contribution in [-0.4, -0.2) is 46.4 Å². The summed E-state index contributed by atoms with van der Waals surface area (Å²) in [6.45, 7) is 2.64. The lowest BCUT2D eigenvalue weighted by molar-refractivity contribution is -0.383. The van der Waals surface area contributed by atoms with Gasteiger partial charge in [-0.25, -0.2) is 4.39 Å². The van der Waals surface area contributed by atoms with E-state index in [1.54, 1.807) is 6.92 Å². The Morgan fingerprint density at radius 2 is 2.04 bits per heavy atom. The Morgan fingerprint density at radius 3 is 2.67 bits per heavy atom. The first kappa shape index (κ1) is 18.7. The van der Waals surface area contributed by atoms with Gasteiger partial charge in [-0.05, 0) is 31.9 Å². The second-order valence-corrected chi connectivity index (χ2v) is 6.22. The first-order chi connectivity index (χ1) is 12.9. The number of amides is 1. The van der Waals surface area contributed by atoms with Gasteiger partial charge in [0.1, 0.15) is 11.5 Å². The standard InChI is InChI=1S/C18H18FN3O5/c1-2-27-18(24)11-6-9-21(10-7-11)17(23)16-15-12(5-8-20-16)14(22(25)26)4-3-13(15)19/h3-5,8,11H,2,6-7,9-10H2,1H3. The number of nitro benzene ring substituents is 1. The summed E-state index contributed by atoms with van der Waals surface area (Å²) in [6, 6.07) is 3.35. The van der Waals surface area contributed by atoms with Gasteiger partial charge in [-0.15, -0.1) is 0 Å². The number of non-ortho nitro benzene ring substituents is 1. The number of carbonyl (C=O) groups excluding carboxylic acids is 2. The molecular formula is C18H18FN3O5. The second kappa shape index (κ2) is 7.65. The van der Waals surface area contributed by atoms with Crippen LogP contribution in [0.2, 0.25) is 0 Å². The number of likely N-dealkylation sites (tertiary alicyclic amines) is 1. The van der Waals surface area contributed by atoms with Crippen LogP contribution >= 0.6 is 0 Å². The van der Waals surface area contributed by atoms with Crippen LogP contribution in [0.15, 0.2) is 24.4 Å². The Kier molecular flexibility index (Phi) is 5.29. The number of piperidine rings is 1. The zero-order valence-electron chi connectivity index (χ0n) is 14.7. The number of ether oxygens (including phenoxy) is 1. The third kappa shape index (κ3) is 3.57. The minimum Gasteiger partial charge on any atom is -0.466 e. The molecule has 2 aromatic rings. The maximum atomic E-state index is 14.4. The normalized spacial score (nSPS) is 15.0. The highest BCUT2D eigenvalue weighted by Crippen LogP contribution is 2.30. The Bertz CT molecular complexity index is 909. The van der Waals surface area contributed by atoms with Crippen LogP contribution in [0.25, 0.3) is 10.8 Å². The summed E-state index contributed by atoms with van der Waals surface area (Å²) in [4.78, 5) is 40.7. The lowest BCUT2D eigenvalue weighted by atomic mass is 9.96. The van der Waals surface area contributed by atoms with Crippen LogP contribution in [-0.2, 0) is 9.53 Å². The number of hydrogen-bond acceptors (Lipinski definition) is 6. The van der Waals surface area contributed by atoms with Gasteiger partial charge < -0.3 is 9.64 Å². The quantitative estimate of drug-likeness (QED) is 0.462. The number of aromatic nitrogens is 1. The fourth-order valence-electron chi connectivity index (χ4n) is 3.29. The minimum absolute atomic E-state index is 0.0276. The number of hydrogen-bond donors (Lipinski definition) is 0. The number of pyridine rings is 1. The molecule has 1 saturated heterocycles. The van der Waals surface area contributed by atoms with E-state index in [9.17, 15) is 24.1 Å². The number of esters is 1. The topological polar surface area (TPSA) is 103 Å². The summed E-state index contributed by atoms with van der Waals surface area (Å²) in [5, 5.41) is 11.1. The molecule has 0 bridgehead atoms. The van der Waals surface area contributed by atoms with Gasteiger partial charge in [-0.2, -0.15) is 0 Å². The summed E-state index contributed by atoms with van der Waals surface area (Å²) in [5.41, 5.74) is -0.452. The minimum atomic E-state index is -0.742. The van der Waals surface area contributed by atoms with Crippen molar-refractivity contribution in [3.05, 3.63) is 46.0 Å². The largest absolute Gasteiger partial charge is 0.466 e. The van der Waals surface area contributed by atoms with E-state index in [0.717, 1.165) is 12.1 Å². The lowest BCUT2D eigenvalue weighted by Gasteiger charge is -2.30. The van der Waals surface area contributed by atoms with E-state index in [0.29, 0.717) is 32.5 Å². The van der Waals surface area contributed by atoms with Gasteiger partial charge in [0, 0.05) is 25.4 Å². The Balaban J connectivity index is 1.88. The number of benzene rings is 1. The van der Waals surface area contributed by atoms with Crippen molar-refractivity contribution in [3.63, 3.8) is 0 Å². The summed E-state index contributed by atoms with van der Waals surface area (Å²) in [7, 11) is 0. The fraction of sp³-hybridized carbons (Fsp3) is 0.389. The highest BCUT2D eigenvalue weighted by Gasteiger charge is 2.31. The predicted molar refractivity (Wildman–Crippen MR) is 93.6 cm³/mol. The molecule has 0 aliphatic carbocycles. The molecule has 1 aromatic carbocycles. The van der Waals surface area contributed by atoms with Gasteiger partial charge in [0.05, 0.1) is 28.2 Å². The fourth-order valence-corrected chi connectivity index (χ4v) is 3.29.